The second-order valence-electron chi connectivity index (χ2n) is 2.88. The molecule has 1 fully saturated rings. The lowest BCUT2D eigenvalue weighted by atomic mass is 9.75. The van der Waals surface area contributed by atoms with Crippen LogP contribution in [0.25, 0.3) is 9.69 Å². The van der Waals surface area contributed by atoms with Gasteiger partial charge in [0.15, 0.2) is 0 Å². The zero-order chi connectivity index (χ0) is 7.40. The smallest absolute Gasteiger partial charge is 0.217 e. The molecule has 1 aliphatic rings. The van der Waals surface area contributed by atoms with Crippen molar-refractivity contribution in [2.45, 2.75) is 12.8 Å². The van der Waals surface area contributed by atoms with Gasteiger partial charge in [0.25, 0.3) is 0 Å². The van der Waals surface area contributed by atoms with E-state index >= 15 is 0 Å². The molecule has 1 rings (SSSR count). The Hall–Kier alpha value is -1.02. The van der Waals surface area contributed by atoms with E-state index in [0.29, 0.717) is 24.9 Å². The first-order valence-corrected chi connectivity index (χ1v) is 3.53. The summed E-state index contributed by atoms with van der Waals surface area (Å²) in [6.07, 6.45) is 2.23. The highest BCUT2D eigenvalue weighted by molar-refractivity contribution is 4.87. The Morgan fingerprint density at radius 1 is 1.00 bits per heavy atom. The average Bonchev–Trinajstić information content (AvgIpc) is 1.84. The normalized spacial score (nSPS) is 29.8. The summed E-state index contributed by atoms with van der Waals surface area (Å²) in [6, 6.07) is 0. The highest BCUT2D eigenvalue weighted by Crippen LogP contribution is 2.33. The van der Waals surface area contributed by atoms with Crippen molar-refractivity contribution >= 4 is 0 Å². The Bertz CT molecular complexity index is 158. The van der Waals surface area contributed by atoms with Crippen molar-refractivity contribution in [2.24, 2.45) is 11.8 Å². The molecule has 10 heavy (non-hydrogen) atoms. The summed E-state index contributed by atoms with van der Waals surface area (Å²) < 4.78 is 0. The molecule has 0 bridgehead atoms. The van der Waals surface area contributed by atoms with Crippen molar-refractivity contribution in [3.8, 4) is 0 Å². The molecule has 0 unspecified atom stereocenters. The molecule has 0 saturated heterocycles. The van der Waals surface area contributed by atoms with Crippen molar-refractivity contribution in [2.75, 3.05) is 13.1 Å². The van der Waals surface area contributed by atoms with Crippen LogP contribution < -0.4 is 0 Å². The summed E-state index contributed by atoms with van der Waals surface area (Å²) in [5.74, 6) is 1.23. The number of hydrogen-bond acceptors (Lipinski definition) is 0. The molecule has 0 N–H and O–H groups in total. The highest BCUT2D eigenvalue weighted by atomic mass is 14.7. The van der Waals surface area contributed by atoms with Crippen LogP contribution in [0, 0.1) is 25.0 Å². The Balaban J connectivity index is 2.09. The first-order valence-electron chi connectivity index (χ1n) is 3.53. The summed E-state index contributed by atoms with van der Waals surface area (Å²) in [5.41, 5.74) is 0. The van der Waals surface area contributed by atoms with Gasteiger partial charge in [-0.15, -0.1) is 0 Å². The minimum atomic E-state index is 0.615. The second kappa shape index (κ2) is 3.22. The molecule has 52 valence electrons. The van der Waals surface area contributed by atoms with Crippen molar-refractivity contribution in [1.82, 2.24) is 0 Å². The van der Waals surface area contributed by atoms with Crippen molar-refractivity contribution in [3.63, 3.8) is 0 Å². The van der Waals surface area contributed by atoms with Crippen LogP contribution in [0.2, 0.25) is 0 Å². The lowest BCUT2D eigenvalue weighted by molar-refractivity contribution is 0.225. The number of nitrogens with zero attached hydrogens (tertiary/aromatic N) is 2. The molecule has 0 spiro atoms. The van der Waals surface area contributed by atoms with Crippen LogP contribution >= 0.6 is 0 Å². The van der Waals surface area contributed by atoms with E-state index in [1.54, 1.807) is 0 Å². The molecular weight excluding hydrogens is 124 g/mol. The molecular formula is C8H10N2. The van der Waals surface area contributed by atoms with Gasteiger partial charge < -0.3 is 9.69 Å². The van der Waals surface area contributed by atoms with E-state index in [1.807, 2.05) is 0 Å². The Morgan fingerprint density at radius 3 is 1.70 bits per heavy atom. The third kappa shape index (κ3) is 1.48. The zero-order valence-electron chi connectivity index (χ0n) is 5.88. The Labute approximate surface area is 61.5 Å². The third-order valence-electron chi connectivity index (χ3n) is 2.03. The monoisotopic (exact) mass is 134 g/mol. The second-order valence-corrected chi connectivity index (χ2v) is 2.88. The van der Waals surface area contributed by atoms with Crippen LogP contribution in [-0.2, 0) is 0 Å². The SMILES string of the molecule is [C-]#[N+]CC1CC(C[N+]#[C-])C1. The molecule has 0 aromatic carbocycles. The molecule has 0 aliphatic heterocycles. The van der Waals surface area contributed by atoms with Gasteiger partial charge in [-0.2, -0.15) is 0 Å². The van der Waals surface area contributed by atoms with E-state index in [4.69, 9.17) is 13.1 Å². The fourth-order valence-electron chi connectivity index (χ4n) is 1.43. The Kier molecular flexibility index (Phi) is 2.29. The largest absolute Gasteiger partial charge is 0.317 e. The average molecular weight is 134 g/mol. The van der Waals surface area contributed by atoms with E-state index in [9.17, 15) is 0 Å². The summed E-state index contributed by atoms with van der Waals surface area (Å²) >= 11 is 0. The van der Waals surface area contributed by atoms with Crippen LogP contribution in [0.4, 0.5) is 0 Å². The lowest BCUT2D eigenvalue weighted by Crippen LogP contribution is -2.26. The molecule has 0 atom stereocenters. The Morgan fingerprint density at radius 2 is 1.40 bits per heavy atom. The van der Waals surface area contributed by atoms with Gasteiger partial charge in [0.2, 0.25) is 13.1 Å². The molecule has 2 nitrogen and oxygen atoms in total. The van der Waals surface area contributed by atoms with Gasteiger partial charge in [-0.25, -0.2) is 13.1 Å². The van der Waals surface area contributed by atoms with Gasteiger partial charge in [0.1, 0.15) is 0 Å². The number of rotatable bonds is 2. The summed E-state index contributed by atoms with van der Waals surface area (Å²) in [6.45, 7) is 14.6. The van der Waals surface area contributed by atoms with Crippen LogP contribution in [-0.4, -0.2) is 13.1 Å². The van der Waals surface area contributed by atoms with E-state index in [-0.39, 0.29) is 0 Å². The first kappa shape index (κ1) is 7.09. The zero-order valence-corrected chi connectivity index (χ0v) is 5.88. The molecule has 0 amide bonds. The van der Waals surface area contributed by atoms with E-state index in [2.05, 4.69) is 9.69 Å². The van der Waals surface area contributed by atoms with Gasteiger partial charge in [0, 0.05) is 11.8 Å². The van der Waals surface area contributed by atoms with Crippen LogP contribution in [0.3, 0.4) is 0 Å². The number of hydrogen-bond donors (Lipinski definition) is 0. The molecule has 1 saturated carbocycles. The van der Waals surface area contributed by atoms with Gasteiger partial charge >= 0.3 is 0 Å². The van der Waals surface area contributed by atoms with E-state index in [1.165, 1.54) is 0 Å². The quantitative estimate of drug-likeness (QED) is 0.509. The van der Waals surface area contributed by atoms with Gasteiger partial charge in [-0.05, 0) is 12.8 Å². The van der Waals surface area contributed by atoms with Crippen LogP contribution in [0.5, 0.6) is 0 Å². The molecule has 1 aliphatic carbocycles. The highest BCUT2D eigenvalue weighted by Gasteiger charge is 2.32. The molecule has 0 heterocycles. The maximum atomic E-state index is 6.60. The van der Waals surface area contributed by atoms with Crippen LogP contribution in [0.15, 0.2) is 0 Å². The topological polar surface area (TPSA) is 8.72 Å². The minimum Gasteiger partial charge on any atom is -0.317 e. The van der Waals surface area contributed by atoms with Crippen molar-refractivity contribution in [1.29, 1.82) is 0 Å². The lowest BCUT2D eigenvalue weighted by Gasteiger charge is -2.27. The van der Waals surface area contributed by atoms with Gasteiger partial charge in [0.05, 0.1) is 0 Å². The predicted molar refractivity (Wildman–Crippen MR) is 39.2 cm³/mol. The van der Waals surface area contributed by atoms with E-state index < -0.39 is 0 Å². The summed E-state index contributed by atoms with van der Waals surface area (Å²) in [7, 11) is 0. The predicted octanol–water partition coefficient (Wildman–Crippen LogP) is 1.85. The maximum Gasteiger partial charge on any atom is 0.217 e. The molecule has 2 heteroatoms. The maximum absolute atomic E-state index is 6.60. The molecule has 0 aromatic heterocycles. The van der Waals surface area contributed by atoms with Gasteiger partial charge in [-0.1, -0.05) is 0 Å². The van der Waals surface area contributed by atoms with Crippen LogP contribution in [0.1, 0.15) is 12.8 Å². The third-order valence-corrected chi connectivity index (χ3v) is 2.03. The van der Waals surface area contributed by atoms with Crippen molar-refractivity contribution in [3.05, 3.63) is 22.8 Å². The molecule has 0 aromatic rings. The van der Waals surface area contributed by atoms with Crippen molar-refractivity contribution < 1.29 is 0 Å². The summed E-state index contributed by atoms with van der Waals surface area (Å²) in [4.78, 5) is 6.65. The summed E-state index contributed by atoms with van der Waals surface area (Å²) in [5, 5.41) is 0. The first-order chi connectivity index (χ1) is 4.86. The van der Waals surface area contributed by atoms with E-state index in [0.717, 1.165) is 12.8 Å². The standard InChI is InChI=1S/C8H10N2/c1-9-5-7-3-8(4-7)6-10-2/h7-8H,3-6H2. The fraction of sp³-hybridized carbons (Fsp3) is 0.750. The minimum absolute atomic E-state index is 0.615. The fourth-order valence-corrected chi connectivity index (χ4v) is 1.43. The van der Waals surface area contributed by atoms with Gasteiger partial charge in [-0.3, -0.25) is 0 Å². The molecule has 0 radical (unpaired) electrons.